The lowest BCUT2D eigenvalue weighted by molar-refractivity contribution is -0.134. The van der Waals surface area contributed by atoms with E-state index >= 15 is 0 Å². The minimum atomic E-state index is 0.333. The standard InChI is InChI=1S/C13H27NO/c1-6-9-13(15)14(10-11(4)5)12(7-2)8-3/h11-12H,6-10H2,1-5H3. The van der Waals surface area contributed by atoms with Crippen molar-refractivity contribution in [2.45, 2.75) is 66.3 Å². The van der Waals surface area contributed by atoms with Crippen LogP contribution in [0.15, 0.2) is 0 Å². The Hall–Kier alpha value is -0.530. The van der Waals surface area contributed by atoms with Crippen LogP contribution in [0.2, 0.25) is 0 Å². The summed E-state index contributed by atoms with van der Waals surface area (Å²) in [5.41, 5.74) is 0. The van der Waals surface area contributed by atoms with Gasteiger partial charge in [0.25, 0.3) is 0 Å². The van der Waals surface area contributed by atoms with E-state index in [1.54, 1.807) is 0 Å². The number of carbonyl (C=O) groups is 1. The Morgan fingerprint density at radius 1 is 1.13 bits per heavy atom. The monoisotopic (exact) mass is 213 g/mol. The molecule has 0 bridgehead atoms. The number of hydrogen-bond acceptors (Lipinski definition) is 1. The molecule has 2 heteroatoms. The zero-order chi connectivity index (χ0) is 11.8. The average Bonchev–Trinajstić information content (AvgIpc) is 2.18. The highest BCUT2D eigenvalue weighted by atomic mass is 16.2. The summed E-state index contributed by atoms with van der Waals surface area (Å²) in [6.45, 7) is 11.7. The second-order valence-electron chi connectivity index (χ2n) is 4.66. The third-order valence-electron chi connectivity index (χ3n) is 2.73. The second-order valence-corrected chi connectivity index (χ2v) is 4.66. The van der Waals surface area contributed by atoms with Crippen molar-refractivity contribution in [3.63, 3.8) is 0 Å². The molecule has 2 nitrogen and oxygen atoms in total. The van der Waals surface area contributed by atoms with Crippen molar-refractivity contribution in [2.75, 3.05) is 6.54 Å². The molecule has 90 valence electrons. The molecule has 0 saturated carbocycles. The van der Waals surface area contributed by atoms with Gasteiger partial charge in [-0.1, -0.05) is 34.6 Å². The van der Waals surface area contributed by atoms with Crippen LogP contribution >= 0.6 is 0 Å². The van der Waals surface area contributed by atoms with Crippen LogP contribution in [0, 0.1) is 5.92 Å². The summed E-state index contributed by atoms with van der Waals surface area (Å²) in [4.78, 5) is 14.1. The molecule has 0 saturated heterocycles. The molecule has 1 amide bonds. The van der Waals surface area contributed by atoms with Gasteiger partial charge in [-0.25, -0.2) is 0 Å². The Labute approximate surface area is 95.0 Å². The van der Waals surface area contributed by atoms with Gasteiger partial charge in [0, 0.05) is 19.0 Å². The number of amides is 1. The van der Waals surface area contributed by atoms with E-state index in [-0.39, 0.29) is 0 Å². The van der Waals surface area contributed by atoms with Gasteiger partial charge in [0.15, 0.2) is 0 Å². The molecule has 0 aromatic carbocycles. The van der Waals surface area contributed by atoms with Crippen molar-refractivity contribution in [3.8, 4) is 0 Å². The molecule has 0 N–H and O–H groups in total. The van der Waals surface area contributed by atoms with E-state index < -0.39 is 0 Å². The number of rotatable bonds is 7. The van der Waals surface area contributed by atoms with Crippen molar-refractivity contribution in [1.29, 1.82) is 0 Å². The average molecular weight is 213 g/mol. The zero-order valence-corrected chi connectivity index (χ0v) is 11.0. The summed E-state index contributed by atoms with van der Waals surface area (Å²) in [7, 11) is 0. The summed E-state index contributed by atoms with van der Waals surface area (Å²) in [5, 5.41) is 0. The first-order valence-corrected chi connectivity index (χ1v) is 6.36. The number of nitrogens with zero attached hydrogens (tertiary/aromatic N) is 1. The van der Waals surface area contributed by atoms with Crippen LogP contribution < -0.4 is 0 Å². The SMILES string of the molecule is CCCC(=O)N(CC(C)C)C(CC)CC. The molecule has 0 fully saturated rings. The third-order valence-corrected chi connectivity index (χ3v) is 2.73. The smallest absolute Gasteiger partial charge is 0.222 e. The Morgan fingerprint density at radius 3 is 2.00 bits per heavy atom. The molecule has 0 aromatic heterocycles. The Kier molecular flexibility index (Phi) is 7.45. The van der Waals surface area contributed by atoms with Gasteiger partial charge in [0.2, 0.25) is 5.91 Å². The van der Waals surface area contributed by atoms with Gasteiger partial charge >= 0.3 is 0 Å². The molecule has 15 heavy (non-hydrogen) atoms. The first-order chi connectivity index (χ1) is 7.06. The number of carbonyl (C=O) groups excluding carboxylic acids is 1. The lowest BCUT2D eigenvalue weighted by atomic mass is 10.1. The molecule has 0 unspecified atom stereocenters. The fourth-order valence-electron chi connectivity index (χ4n) is 1.93. The molecule has 0 aliphatic carbocycles. The van der Waals surface area contributed by atoms with Gasteiger partial charge in [0.05, 0.1) is 0 Å². The van der Waals surface area contributed by atoms with Crippen LogP contribution in [0.1, 0.15) is 60.3 Å². The highest BCUT2D eigenvalue weighted by Crippen LogP contribution is 2.13. The normalized spacial score (nSPS) is 11.1. The van der Waals surface area contributed by atoms with Gasteiger partial charge in [-0.05, 0) is 25.2 Å². The van der Waals surface area contributed by atoms with Crippen molar-refractivity contribution in [2.24, 2.45) is 5.92 Å². The minimum absolute atomic E-state index is 0.333. The lowest BCUT2D eigenvalue weighted by Crippen LogP contribution is -2.41. The summed E-state index contributed by atoms with van der Waals surface area (Å²) >= 11 is 0. The quantitative estimate of drug-likeness (QED) is 0.634. The predicted molar refractivity (Wildman–Crippen MR) is 65.8 cm³/mol. The minimum Gasteiger partial charge on any atom is -0.339 e. The van der Waals surface area contributed by atoms with E-state index in [1.807, 2.05) is 0 Å². The molecule has 0 aromatic rings. The van der Waals surface area contributed by atoms with E-state index in [0.717, 1.165) is 25.8 Å². The molecule has 0 heterocycles. The van der Waals surface area contributed by atoms with Crippen LogP contribution in [0.5, 0.6) is 0 Å². The summed E-state index contributed by atoms with van der Waals surface area (Å²) in [5.74, 6) is 0.895. The predicted octanol–water partition coefficient (Wildman–Crippen LogP) is 3.46. The third kappa shape index (κ3) is 5.19. The summed E-state index contributed by atoms with van der Waals surface area (Å²) in [6, 6.07) is 0.437. The first-order valence-electron chi connectivity index (χ1n) is 6.36. The van der Waals surface area contributed by atoms with Crippen LogP contribution in [0.3, 0.4) is 0 Å². The largest absolute Gasteiger partial charge is 0.339 e. The van der Waals surface area contributed by atoms with Crippen molar-refractivity contribution < 1.29 is 4.79 Å². The maximum Gasteiger partial charge on any atom is 0.222 e. The second kappa shape index (κ2) is 7.72. The molecule has 0 spiro atoms. The molecule has 0 atom stereocenters. The van der Waals surface area contributed by atoms with Crippen molar-refractivity contribution in [3.05, 3.63) is 0 Å². The first kappa shape index (κ1) is 14.5. The Balaban J connectivity index is 4.47. The van der Waals surface area contributed by atoms with Gasteiger partial charge in [-0.2, -0.15) is 0 Å². The van der Waals surface area contributed by atoms with Crippen LogP contribution in [-0.4, -0.2) is 23.4 Å². The van der Waals surface area contributed by atoms with Crippen molar-refractivity contribution in [1.82, 2.24) is 4.90 Å². The highest BCUT2D eigenvalue weighted by molar-refractivity contribution is 5.76. The van der Waals surface area contributed by atoms with Crippen LogP contribution in [0.4, 0.5) is 0 Å². The Bertz CT molecular complexity index is 173. The van der Waals surface area contributed by atoms with Crippen LogP contribution in [-0.2, 0) is 4.79 Å². The molecular weight excluding hydrogens is 186 g/mol. The number of hydrogen-bond donors (Lipinski definition) is 0. The molecule has 0 radical (unpaired) electrons. The van der Waals surface area contributed by atoms with E-state index in [1.165, 1.54) is 0 Å². The van der Waals surface area contributed by atoms with E-state index in [4.69, 9.17) is 0 Å². The molecule has 0 aliphatic rings. The zero-order valence-electron chi connectivity index (χ0n) is 11.0. The van der Waals surface area contributed by atoms with Gasteiger partial charge in [-0.3, -0.25) is 4.79 Å². The molecular formula is C13H27NO. The molecule has 0 aliphatic heterocycles. The summed E-state index contributed by atoms with van der Waals surface area (Å²) in [6.07, 6.45) is 3.79. The van der Waals surface area contributed by atoms with Gasteiger partial charge in [-0.15, -0.1) is 0 Å². The topological polar surface area (TPSA) is 20.3 Å². The lowest BCUT2D eigenvalue weighted by Gasteiger charge is -2.32. The summed E-state index contributed by atoms with van der Waals surface area (Å²) < 4.78 is 0. The highest BCUT2D eigenvalue weighted by Gasteiger charge is 2.20. The van der Waals surface area contributed by atoms with Gasteiger partial charge in [0.1, 0.15) is 0 Å². The Morgan fingerprint density at radius 2 is 1.67 bits per heavy atom. The fourth-order valence-corrected chi connectivity index (χ4v) is 1.93. The van der Waals surface area contributed by atoms with Crippen molar-refractivity contribution >= 4 is 5.91 Å². The van der Waals surface area contributed by atoms with Crippen LogP contribution in [0.25, 0.3) is 0 Å². The fraction of sp³-hybridized carbons (Fsp3) is 0.923. The van der Waals surface area contributed by atoms with E-state index in [9.17, 15) is 4.79 Å². The van der Waals surface area contributed by atoms with E-state index in [2.05, 4.69) is 39.5 Å². The maximum atomic E-state index is 12.0. The maximum absolute atomic E-state index is 12.0. The van der Waals surface area contributed by atoms with E-state index in [0.29, 0.717) is 24.3 Å². The molecule has 0 rings (SSSR count). The van der Waals surface area contributed by atoms with Gasteiger partial charge < -0.3 is 4.90 Å².